The minimum absolute atomic E-state index is 0.0106. The zero-order valence-electron chi connectivity index (χ0n) is 8.18. The van der Waals surface area contributed by atoms with Crippen LogP contribution < -0.4 is 5.56 Å². The summed E-state index contributed by atoms with van der Waals surface area (Å²) in [4.78, 5) is 18.4. The van der Waals surface area contributed by atoms with Crippen LogP contribution in [-0.4, -0.2) is 22.0 Å². The highest BCUT2D eigenvalue weighted by Crippen LogP contribution is 2.00. The summed E-state index contributed by atoms with van der Waals surface area (Å²) in [5.74, 6) is 1.79. The van der Waals surface area contributed by atoms with E-state index in [0.29, 0.717) is 5.56 Å². The SMILES string of the molecule is CSCCc1nc(C)c(C)c(=O)[nH]1. The molecule has 1 aromatic rings. The Labute approximate surface area is 82.0 Å². The molecular weight excluding hydrogens is 184 g/mol. The number of hydrogen-bond acceptors (Lipinski definition) is 3. The van der Waals surface area contributed by atoms with E-state index in [1.54, 1.807) is 18.7 Å². The first-order valence-corrected chi connectivity index (χ1v) is 5.60. The summed E-state index contributed by atoms with van der Waals surface area (Å²) < 4.78 is 0. The van der Waals surface area contributed by atoms with Gasteiger partial charge in [0.15, 0.2) is 0 Å². The molecule has 0 atom stereocenters. The lowest BCUT2D eigenvalue weighted by molar-refractivity contribution is 0.889. The number of hydrogen-bond donors (Lipinski definition) is 1. The van der Waals surface area contributed by atoms with Gasteiger partial charge in [-0.15, -0.1) is 0 Å². The highest BCUT2D eigenvalue weighted by atomic mass is 32.2. The lowest BCUT2D eigenvalue weighted by Gasteiger charge is -2.02. The van der Waals surface area contributed by atoms with E-state index < -0.39 is 0 Å². The molecule has 0 saturated heterocycles. The predicted octanol–water partition coefficient (Wildman–Crippen LogP) is 1.29. The van der Waals surface area contributed by atoms with Gasteiger partial charge in [-0.25, -0.2) is 4.98 Å². The van der Waals surface area contributed by atoms with Crippen LogP contribution in [0.4, 0.5) is 0 Å². The molecule has 0 aliphatic rings. The molecule has 1 aromatic heterocycles. The summed E-state index contributed by atoms with van der Waals surface area (Å²) in [6.45, 7) is 3.66. The molecule has 72 valence electrons. The van der Waals surface area contributed by atoms with Gasteiger partial charge < -0.3 is 4.98 Å². The van der Waals surface area contributed by atoms with Crippen LogP contribution in [0.25, 0.3) is 0 Å². The Morgan fingerprint density at radius 2 is 2.15 bits per heavy atom. The molecular formula is C9H14N2OS. The third kappa shape index (κ3) is 2.59. The standard InChI is InChI=1S/C9H14N2OS/c1-6-7(2)10-8(4-5-13-3)11-9(6)12/h4-5H2,1-3H3,(H,10,11,12). The molecule has 3 nitrogen and oxygen atoms in total. The lowest BCUT2D eigenvalue weighted by atomic mass is 10.2. The summed E-state index contributed by atoms with van der Waals surface area (Å²) in [5, 5.41) is 0. The molecule has 0 radical (unpaired) electrons. The number of aryl methyl sites for hydroxylation is 2. The van der Waals surface area contributed by atoms with Crippen molar-refractivity contribution in [2.45, 2.75) is 20.3 Å². The van der Waals surface area contributed by atoms with Crippen molar-refractivity contribution in [1.82, 2.24) is 9.97 Å². The molecule has 1 heterocycles. The molecule has 4 heteroatoms. The van der Waals surface area contributed by atoms with E-state index in [1.165, 1.54) is 0 Å². The molecule has 0 aliphatic carbocycles. The van der Waals surface area contributed by atoms with Crippen LogP contribution in [0.15, 0.2) is 4.79 Å². The van der Waals surface area contributed by atoms with Gasteiger partial charge in [-0.1, -0.05) is 0 Å². The molecule has 0 aliphatic heterocycles. The summed E-state index contributed by atoms with van der Waals surface area (Å²) in [7, 11) is 0. The van der Waals surface area contributed by atoms with Gasteiger partial charge in [0.25, 0.3) is 5.56 Å². The normalized spacial score (nSPS) is 10.4. The fourth-order valence-electron chi connectivity index (χ4n) is 1.02. The molecule has 0 spiro atoms. The van der Waals surface area contributed by atoms with Crippen LogP contribution in [0.3, 0.4) is 0 Å². The van der Waals surface area contributed by atoms with Gasteiger partial charge >= 0.3 is 0 Å². The molecule has 1 rings (SSSR count). The number of aromatic amines is 1. The van der Waals surface area contributed by atoms with E-state index in [9.17, 15) is 4.79 Å². The van der Waals surface area contributed by atoms with Crippen LogP contribution in [0.5, 0.6) is 0 Å². The van der Waals surface area contributed by atoms with E-state index in [2.05, 4.69) is 9.97 Å². The third-order valence-corrected chi connectivity index (χ3v) is 2.60. The second kappa shape index (κ2) is 4.46. The van der Waals surface area contributed by atoms with Gasteiger partial charge in [-0.3, -0.25) is 4.79 Å². The average molecular weight is 198 g/mol. The van der Waals surface area contributed by atoms with Gasteiger partial charge in [0, 0.05) is 23.4 Å². The number of nitrogens with one attached hydrogen (secondary N) is 1. The fourth-order valence-corrected chi connectivity index (χ4v) is 1.42. The summed E-state index contributed by atoms with van der Waals surface area (Å²) in [5.41, 5.74) is 1.54. The van der Waals surface area contributed by atoms with E-state index in [1.807, 2.05) is 13.2 Å². The van der Waals surface area contributed by atoms with Crippen LogP contribution in [-0.2, 0) is 6.42 Å². The summed E-state index contributed by atoms with van der Waals surface area (Å²) >= 11 is 1.75. The van der Waals surface area contributed by atoms with Crippen molar-refractivity contribution >= 4 is 11.8 Å². The van der Waals surface area contributed by atoms with Gasteiger partial charge in [0.2, 0.25) is 0 Å². The third-order valence-electron chi connectivity index (χ3n) is 1.99. The van der Waals surface area contributed by atoms with Crippen LogP contribution in [0, 0.1) is 13.8 Å². The summed E-state index contributed by atoms with van der Waals surface area (Å²) in [6.07, 6.45) is 2.87. The maximum atomic E-state index is 11.3. The first kappa shape index (κ1) is 10.3. The Hall–Kier alpha value is -0.770. The Balaban J connectivity index is 2.93. The Morgan fingerprint density at radius 3 is 2.69 bits per heavy atom. The number of rotatable bonds is 3. The van der Waals surface area contributed by atoms with Crippen molar-refractivity contribution < 1.29 is 0 Å². The molecule has 0 saturated carbocycles. The van der Waals surface area contributed by atoms with E-state index in [0.717, 1.165) is 23.7 Å². The van der Waals surface area contributed by atoms with Crippen molar-refractivity contribution in [3.05, 3.63) is 27.4 Å². The lowest BCUT2D eigenvalue weighted by Crippen LogP contribution is -2.16. The molecule has 1 N–H and O–H groups in total. The molecule has 0 aromatic carbocycles. The average Bonchev–Trinajstić information content (AvgIpc) is 2.10. The highest BCUT2D eigenvalue weighted by molar-refractivity contribution is 7.98. The summed E-state index contributed by atoms with van der Waals surface area (Å²) in [6, 6.07) is 0. The number of aromatic nitrogens is 2. The highest BCUT2D eigenvalue weighted by Gasteiger charge is 2.02. The predicted molar refractivity (Wildman–Crippen MR) is 56.4 cm³/mol. The quantitative estimate of drug-likeness (QED) is 0.796. The number of thioether (sulfide) groups is 1. The molecule has 0 unspecified atom stereocenters. The van der Waals surface area contributed by atoms with Crippen LogP contribution >= 0.6 is 11.8 Å². The topological polar surface area (TPSA) is 45.8 Å². The molecule has 0 amide bonds. The first-order valence-electron chi connectivity index (χ1n) is 4.20. The first-order chi connectivity index (χ1) is 6.15. The largest absolute Gasteiger partial charge is 0.310 e. The van der Waals surface area contributed by atoms with Crippen molar-refractivity contribution in [1.29, 1.82) is 0 Å². The molecule has 0 bridgehead atoms. The second-order valence-electron chi connectivity index (χ2n) is 2.97. The van der Waals surface area contributed by atoms with E-state index >= 15 is 0 Å². The van der Waals surface area contributed by atoms with Gasteiger partial charge in [0.05, 0.1) is 0 Å². The number of H-pyrrole nitrogens is 1. The van der Waals surface area contributed by atoms with E-state index in [4.69, 9.17) is 0 Å². The fraction of sp³-hybridized carbons (Fsp3) is 0.556. The van der Waals surface area contributed by atoms with Gasteiger partial charge in [0.1, 0.15) is 5.82 Å². The Kier molecular flexibility index (Phi) is 3.54. The van der Waals surface area contributed by atoms with Crippen LogP contribution in [0.2, 0.25) is 0 Å². The molecule has 13 heavy (non-hydrogen) atoms. The Morgan fingerprint density at radius 1 is 1.46 bits per heavy atom. The monoisotopic (exact) mass is 198 g/mol. The smallest absolute Gasteiger partial charge is 0.254 e. The van der Waals surface area contributed by atoms with Crippen molar-refractivity contribution in [3.8, 4) is 0 Å². The maximum Gasteiger partial charge on any atom is 0.254 e. The van der Waals surface area contributed by atoms with Gasteiger partial charge in [-0.05, 0) is 20.1 Å². The van der Waals surface area contributed by atoms with Crippen molar-refractivity contribution in [2.24, 2.45) is 0 Å². The van der Waals surface area contributed by atoms with E-state index in [-0.39, 0.29) is 5.56 Å². The maximum absolute atomic E-state index is 11.3. The zero-order chi connectivity index (χ0) is 9.84. The van der Waals surface area contributed by atoms with Crippen LogP contribution in [0.1, 0.15) is 17.1 Å². The van der Waals surface area contributed by atoms with Gasteiger partial charge in [-0.2, -0.15) is 11.8 Å². The minimum Gasteiger partial charge on any atom is -0.310 e. The number of nitrogens with zero attached hydrogens (tertiary/aromatic N) is 1. The second-order valence-corrected chi connectivity index (χ2v) is 3.95. The Bertz CT molecular complexity index is 346. The molecule has 0 fully saturated rings. The zero-order valence-corrected chi connectivity index (χ0v) is 8.99. The van der Waals surface area contributed by atoms with Crippen molar-refractivity contribution in [3.63, 3.8) is 0 Å². The minimum atomic E-state index is -0.0106. The van der Waals surface area contributed by atoms with Crippen molar-refractivity contribution in [2.75, 3.05) is 12.0 Å².